The summed E-state index contributed by atoms with van der Waals surface area (Å²) >= 11 is 0. The maximum absolute atomic E-state index is 12.6. The number of hydrogen-bond donors (Lipinski definition) is 1. The van der Waals surface area contributed by atoms with Gasteiger partial charge in [0.25, 0.3) is 0 Å². The summed E-state index contributed by atoms with van der Waals surface area (Å²) < 4.78 is 0. The second kappa shape index (κ2) is 8.23. The third kappa shape index (κ3) is 3.94. The van der Waals surface area contributed by atoms with Gasteiger partial charge in [-0.3, -0.25) is 15.2 Å². The standard InChI is InChI=1S/C25H20N2O/c28-25(20-10-4-1-5-11-20)21-16-18-22(19-17-21)26-27(23-12-6-2-7-13-23)24-14-8-3-9-15-24/h1-19,26H. The Balaban J connectivity index is 1.59. The molecule has 0 unspecified atom stereocenters. The predicted octanol–water partition coefficient (Wildman–Crippen LogP) is 6.08. The molecule has 0 spiro atoms. The molecule has 3 nitrogen and oxygen atoms in total. The SMILES string of the molecule is O=C(c1ccccc1)c1ccc(NN(c2ccccc2)c2ccccc2)cc1. The molecule has 0 aliphatic rings. The minimum absolute atomic E-state index is 0.0233. The fourth-order valence-corrected chi connectivity index (χ4v) is 3.01. The third-order valence-corrected chi connectivity index (χ3v) is 4.45. The summed E-state index contributed by atoms with van der Waals surface area (Å²) in [7, 11) is 0. The number of carbonyl (C=O) groups excluding carboxylic acids is 1. The zero-order valence-electron chi connectivity index (χ0n) is 15.3. The lowest BCUT2D eigenvalue weighted by Gasteiger charge is -2.26. The third-order valence-electron chi connectivity index (χ3n) is 4.45. The summed E-state index contributed by atoms with van der Waals surface area (Å²) in [5.74, 6) is 0.0233. The molecule has 0 fully saturated rings. The first kappa shape index (κ1) is 17.6. The van der Waals surface area contributed by atoms with Crippen LogP contribution in [0.15, 0.2) is 115 Å². The van der Waals surface area contributed by atoms with E-state index < -0.39 is 0 Å². The van der Waals surface area contributed by atoms with Crippen LogP contribution < -0.4 is 10.4 Å². The Morgan fingerprint density at radius 3 is 1.46 bits per heavy atom. The summed E-state index contributed by atoms with van der Waals surface area (Å²) in [4.78, 5) is 12.6. The molecule has 4 aromatic rings. The topological polar surface area (TPSA) is 32.3 Å². The average Bonchev–Trinajstić information content (AvgIpc) is 2.79. The number of para-hydroxylation sites is 2. The van der Waals surface area contributed by atoms with Gasteiger partial charge in [-0.25, -0.2) is 0 Å². The summed E-state index contributed by atoms with van der Waals surface area (Å²) in [5.41, 5.74) is 7.75. The molecular formula is C25H20N2O. The Morgan fingerprint density at radius 1 is 0.536 bits per heavy atom. The Hall–Kier alpha value is -3.85. The van der Waals surface area contributed by atoms with Crippen molar-refractivity contribution < 1.29 is 4.79 Å². The van der Waals surface area contributed by atoms with E-state index in [4.69, 9.17) is 0 Å². The molecule has 4 rings (SSSR count). The first-order valence-corrected chi connectivity index (χ1v) is 9.18. The maximum atomic E-state index is 12.6. The van der Waals surface area contributed by atoms with Crippen molar-refractivity contribution in [1.82, 2.24) is 0 Å². The fraction of sp³-hybridized carbons (Fsp3) is 0. The van der Waals surface area contributed by atoms with Gasteiger partial charge in [0.05, 0.1) is 17.1 Å². The molecule has 0 heterocycles. The first-order chi connectivity index (χ1) is 13.8. The van der Waals surface area contributed by atoms with E-state index in [1.807, 2.05) is 120 Å². The van der Waals surface area contributed by atoms with Gasteiger partial charge in [0.1, 0.15) is 0 Å². The highest BCUT2D eigenvalue weighted by Crippen LogP contribution is 2.26. The molecule has 0 atom stereocenters. The van der Waals surface area contributed by atoms with Crippen LogP contribution in [-0.4, -0.2) is 5.78 Å². The number of hydrazine groups is 1. The Kier molecular flexibility index (Phi) is 5.16. The van der Waals surface area contributed by atoms with E-state index in [-0.39, 0.29) is 5.78 Å². The van der Waals surface area contributed by atoms with Gasteiger partial charge in [0, 0.05) is 11.1 Å². The molecule has 3 heteroatoms. The second-order valence-electron chi connectivity index (χ2n) is 6.39. The van der Waals surface area contributed by atoms with Gasteiger partial charge in [0.2, 0.25) is 0 Å². The van der Waals surface area contributed by atoms with Crippen LogP contribution in [0.3, 0.4) is 0 Å². The molecule has 136 valence electrons. The molecule has 1 N–H and O–H groups in total. The monoisotopic (exact) mass is 364 g/mol. The van der Waals surface area contributed by atoms with Crippen LogP contribution in [0.1, 0.15) is 15.9 Å². The van der Waals surface area contributed by atoms with Crippen LogP contribution in [0.25, 0.3) is 0 Å². The van der Waals surface area contributed by atoms with Crippen LogP contribution in [-0.2, 0) is 0 Å². The van der Waals surface area contributed by atoms with Gasteiger partial charge < -0.3 is 0 Å². The van der Waals surface area contributed by atoms with Crippen LogP contribution in [0.2, 0.25) is 0 Å². The second-order valence-corrected chi connectivity index (χ2v) is 6.39. The van der Waals surface area contributed by atoms with Gasteiger partial charge in [-0.1, -0.05) is 66.7 Å². The zero-order chi connectivity index (χ0) is 19.2. The largest absolute Gasteiger partial charge is 0.294 e. The van der Waals surface area contributed by atoms with E-state index in [1.165, 1.54) is 0 Å². The molecule has 4 aromatic carbocycles. The molecule has 0 amide bonds. The minimum atomic E-state index is 0.0233. The molecular weight excluding hydrogens is 344 g/mol. The quantitative estimate of drug-likeness (QED) is 0.332. The van der Waals surface area contributed by atoms with Crippen LogP contribution >= 0.6 is 0 Å². The number of ketones is 1. The number of benzene rings is 4. The van der Waals surface area contributed by atoms with Crippen molar-refractivity contribution in [3.8, 4) is 0 Å². The number of carbonyl (C=O) groups is 1. The molecule has 0 saturated carbocycles. The van der Waals surface area contributed by atoms with E-state index in [9.17, 15) is 4.79 Å². The van der Waals surface area contributed by atoms with Crippen LogP contribution in [0, 0.1) is 0 Å². The molecule has 28 heavy (non-hydrogen) atoms. The summed E-state index contributed by atoms with van der Waals surface area (Å²) in [5, 5.41) is 2.02. The molecule has 0 aromatic heterocycles. The van der Waals surface area contributed by atoms with Gasteiger partial charge in [0.15, 0.2) is 5.78 Å². The van der Waals surface area contributed by atoms with E-state index in [2.05, 4.69) is 5.43 Å². The average molecular weight is 364 g/mol. The number of hydrogen-bond acceptors (Lipinski definition) is 3. The van der Waals surface area contributed by atoms with E-state index >= 15 is 0 Å². The molecule has 0 radical (unpaired) electrons. The zero-order valence-corrected chi connectivity index (χ0v) is 15.3. The number of rotatable bonds is 6. The van der Waals surface area contributed by atoms with E-state index in [1.54, 1.807) is 0 Å². The number of anilines is 3. The van der Waals surface area contributed by atoms with Crippen molar-refractivity contribution in [1.29, 1.82) is 0 Å². The van der Waals surface area contributed by atoms with Crippen molar-refractivity contribution in [2.24, 2.45) is 0 Å². The molecule has 0 saturated heterocycles. The van der Waals surface area contributed by atoms with E-state index in [0.717, 1.165) is 17.1 Å². The highest BCUT2D eigenvalue weighted by molar-refractivity contribution is 6.09. The minimum Gasteiger partial charge on any atom is -0.294 e. The fourth-order valence-electron chi connectivity index (χ4n) is 3.01. The summed E-state index contributed by atoms with van der Waals surface area (Å²) in [6.45, 7) is 0. The van der Waals surface area contributed by atoms with Crippen molar-refractivity contribution in [3.05, 3.63) is 126 Å². The Morgan fingerprint density at radius 2 is 0.964 bits per heavy atom. The van der Waals surface area contributed by atoms with Crippen molar-refractivity contribution in [3.63, 3.8) is 0 Å². The maximum Gasteiger partial charge on any atom is 0.193 e. The van der Waals surface area contributed by atoms with Crippen molar-refractivity contribution in [2.45, 2.75) is 0 Å². The van der Waals surface area contributed by atoms with E-state index in [0.29, 0.717) is 11.1 Å². The molecule has 0 aliphatic carbocycles. The van der Waals surface area contributed by atoms with Crippen LogP contribution in [0.4, 0.5) is 17.1 Å². The Bertz CT molecular complexity index is 991. The van der Waals surface area contributed by atoms with Gasteiger partial charge in [-0.2, -0.15) is 0 Å². The highest BCUT2D eigenvalue weighted by Gasteiger charge is 2.11. The number of nitrogens with one attached hydrogen (secondary N) is 1. The smallest absolute Gasteiger partial charge is 0.193 e. The summed E-state index contributed by atoms with van der Waals surface area (Å²) in [6.07, 6.45) is 0. The molecule has 0 aliphatic heterocycles. The van der Waals surface area contributed by atoms with Crippen LogP contribution in [0.5, 0.6) is 0 Å². The van der Waals surface area contributed by atoms with Crippen molar-refractivity contribution >= 4 is 22.8 Å². The molecule has 0 bridgehead atoms. The first-order valence-electron chi connectivity index (χ1n) is 9.18. The van der Waals surface area contributed by atoms with Crippen molar-refractivity contribution in [2.75, 3.05) is 10.4 Å². The lowest BCUT2D eigenvalue weighted by Crippen LogP contribution is -2.24. The number of nitrogens with zero attached hydrogens (tertiary/aromatic N) is 1. The van der Waals surface area contributed by atoms with Gasteiger partial charge in [-0.15, -0.1) is 0 Å². The highest BCUT2D eigenvalue weighted by atomic mass is 16.1. The lowest BCUT2D eigenvalue weighted by atomic mass is 10.0. The lowest BCUT2D eigenvalue weighted by molar-refractivity contribution is 0.103. The van der Waals surface area contributed by atoms with Gasteiger partial charge >= 0.3 is 0 Å². The predicted molar refractivity (Wildman–Crippen MR) is 115 cm³/mol. The van der Waals surface area contributed by atoms with Gasteiger partial charge in [-0.05, 0) is 48.5 Å². The normalized spacial score (nSPS) is 10.3. The Labute approximate surface area is 164 Å². The summed E-state index contributed by atoms with van der Waals surface area (Å²) in [6, 6.07) is 37.1.